The second-order valence-electron chi connectivity index (χ2n) is 6.41. The van der Waals surface area contributed by atoms with Crippen LogP contribution in [0.3, 0.4) is 0 Å². The summed E-state index contributed by atoms with van der Waals surface area (Å²) in [5, 5.41) is 3.73. The minimum Gasteiger partial charge on any atom is -0.381 e. The monoisotopic (exact) mass is 255 g/mol. The fourth-order valence-electron chi connectivity index (χ4n) is 2.62. The second kappa shape index (κ2) is 8.92. The van der Waals surface area contributed by atoms with Crippen LogP contribution in [-0.2, 0) is 4.74 Å². The van der Waals surface area contributed by atoms with Crippen LogP contribution in [0.25, 0.3) is 0 Å². The zero-order chi connectivity index (χ0) is 13.3. The molecule has 2 nitrogen and oxygen atoms in total. The molecule has 1 atom stereocenters. The van der Waals surface area contributed by atoms with Gasteiger partial charge in [0.25, 0.3) is 0 Å². The molecule has 0 amide bonds. The molecule has 1 aliphatic rings. The molecule has 1 unspecified atom stereocenters. The first-order valence-corrected chi connectivity index (χ1v) is 7.97. The van der Waals surface area contributed by atoms with Gasteiger partial charge in [-0.05, 0) is 31.6 Å². The Morgan fingerprint density at radius 2 is 1.78 bits per heavy atom. The number of ether oxygens (including phenoxy) is 1. The highest BCUT2D eigenvalue weighted by Gasteiger charge is 2.27. The molecule has 0 aromatic heterocycles. The fraction of sp³-hybridized carbons (Fsp3) is 1.00. The first-order chi connectivity index (χ1) is 8.66. The number of unbranched alkanes of at least 4 members (excludes halogenated alkanes) is 4. The van der Waals surface area contributed by atoms with Gasteiger partial charge in [-0.2, -0.15) is 0 Å². The molecule has 0 aliphatic carbocycles. The molecular weight excluding hydrogens is 222 g/mol. The number of hydrogen-bond donors (Lipinski definition) is 1. The Hall–Kier alpha value is -0.0800. The van der Waals surface area contributed by atoms with Crippen molar-refractivity contribution in [1.82, 2.24) is 5.32 Å². The van der Waals surface area contributed by atoms with Crippen molar-refractivity contribution < 1.29 is 4.74 Å². The van der Waals surface area contributed by atoms with E-state index in [9.17, 15) is 0 Å². The van der Waals surface area contributed by atoms with Gasteiger partial charge in [0.15, 0.2) is 0 Å². The van der Waals surface area contributed by atoms with Gasteiger partial charge in [0.2, 0.25) is 0 Å². The molecule has 18 heavy (non-hydrogen) atoms. The Kier molecular flexibility index (Phi) is 7.92. The molecule has 2 heteroatoms. The Balaban J connectivity index is 2.03. The summed E-state index contributed by atoms with van der Waals surface area (Å²) in [6.07, 6.45) is 10.7. The zero-order valence-electron chi connectivity index (χ0n) is 12.8. The standard InChI is InChI=1S/C16H33NO/c1-4-5-6-7-8-9-15(2)17-14-16(3)10-12-18-13-11-16/h15,17H,4-14H2,1-3H3. The highest BCUT2D eigenvalue weighted by Crippen LogP contribution is 2.28. The third-order valence-corrected chi connectivity index (χ3v) is 4.32. The SMILES string of the molecule is CCCCCCCC(C)NCC1(C)CCOCC1. The van der Waals surface area contributed by atoms with Crippen molar-refractivity contribution in [2.45, 2.75) is 78.2 Å². The highest BCUT2D eigenvalue weighted by molar-refractivity contribution is 4.80. The minimum atomic E-state index is 0.467. The van der Waals surface area contributed by atoms with Crippen LogP contribution in [0.1, 0.15) is 72.1 Å². The number of nitrogens with one attached hydrogen (secondary N) is 1. The Morgan fingerprint density at radius 1 is 1.11 bits per heavy atom. The summed E-state index contributed by atoms with van der Waals surface area (Å²) >= 11 is 0. The molecule has 1 heterocycles. The van der Waals surface area contributed by atoms with Crippen molar-refractivity contribution in [3.05, 3.63) is 0 Å². The lowest BCUT2D eigenvalue weighted by atomic mass is 9.82. The molecule has 0 aromatic carbocycles. The van der Waals surface area contributed by atoms with E-state index < -0.39 is 0 Å². The molecule has 0 bridgehead atoms. The van der Waals surface area contributed by atoms with Gasteiger partial charge in [-0.15, -0.1) is 0 Å². The van der Waals surface area contributed by atoms with E-state index in [-0.39, 0.29) is 0 Å². The Labute approximate surface area is 114 Å². The first-order valence-electron chi connectivity index (χ1n) is 7.97. The number of hydrogen-bond acceptors (Lipinski definition) is 2. The third-order valence-electron chi connectivity index (χ3n) is 4.32. The van der Waals surface area contributed by atoms with Crippen LogP contribution in [0.4, 0.5) is 0 Å². The molecule has 1 N–H and O–H groups in total. The minimum absolute atomic E-state index is 0.467. The van der Waals surface area contributed by atoms with Crippen LogP contribution in [0.5, 0.6) is 0 Å². The molecule has 1 rings (SSSR count). The average Bonchev–Trinajstić information content (AvgIpc) is 2.37. The van der Waals surface area contributed by atoms with Crippen molar-refractivity contribution in [2.75, 3.05) is 19.8 Å². The largest absolute Gasteiger partial charge is 0.381 e. The topological polar surface area (TPSA) is 21.3 Å². The lowest BCUT2D eigenvalue weighted by molar-refractivity contribution is 0.0230. The van der Waals surface area contributed by atoms with E-state index in [1.807, 2.05) is 0 Å². The van der Waals surface area contributed by atoms with Gasteiger partial charge >= 0.3 is 0 Å². The summed E-state index contributed by atoms with van der Waals surface area (Å²) in [7, 11) is 0. The molecule has 1 saturated heterocycles. The van der Waals surface area contributed by atoms with Crippen molar-refractivity contribution in [3.8, 4) is 0 Å². The van der Waals surface area contributed by atoms with Gasteiger partial charge in [-0.25, -0.2) is 0 Å². The van der Waals surface area contributed by atoms with E-state index in [0.717, 1.165) is 19.8 Å². The van der Waals surface area contributed by atoms with Crippen LogP contribution < -0.4 is 5.32 Å². The van der Waals surface area contributed by atoms with Crippen LogP contribution in [0.2, 0.25) is 0 Å². The molecule has 108 valence electrons. The quantitative estimate of drug-likeness (QED) is 0.625. The average molecular weight is 255 g/mol. The predicted octanol–water partition coefficient (Wildman–Crippen LogP) is 4.14. The van der Waals surface area contributed by atoms with Crippen molar-refractivity contribution >= 4 is 0 Å². The first kappa shape index (κ1) is 16.0. The van der Waals surface area contributed by atoms with E-state index in [1.165, 1.54) is 51.4 Å². The van der Waals surface area contributed by atoms with Gasteiger partial charge in [0, 0.05) is 25.8 Å². The van der Waals surface area contributed by atoms with E-state index in [0.29, 0.717) is 11.5 Å². The summed E-state index contributed by atoms with van der Waals surface area (Å²) in [5.74, 6) is 0. The van der Waals surface area contributed by atoms with Crippen LogP contribution in [0, 0.1) is 5.41 Å². The van der Waals surface area contributed by atoms with E-state index in [2.05, 4.69) is 26.1 Å². The maximum absolute atomic E-state index is 5.45. The summed E-state index contributed by atoms with van der Waals surface area (Å²) in [6, 6.07) is 0.672. The molecule has 1 aliphatic heterocycles. The highest BCUT2D eigenvalue weighted by atomic mass is 16.5. The van der Waals surface area contributed by atoms with Gasteiger partial charge in [0.05, 0.1) is 0 Å². The third kappa shape index (κ3) is 6.75. The second-order valence-corrected chi connectivity index (χ2v) is 6.41. The summed E-state index contributed by atoms with van der Waals surface area (Å²) in [4.78, 5) is 0. The van der Waals surface area contributed by atoms with Crippen molar-refractivity contribution in [3.63, 3.8) is 0 Å². The smallest absolute Gasteiger partial charge is 0.0471 e. The van der Waals surface area contributed by atoms with Crippen LogP contribution >= 0.6 is 0 Å². The van der Waals surface area contributed by atoms with E-state index >= 15 is 0 Å². The maximum atomic E-state index is 5.45. The normalized spacial score (nSPS) is 20.8. The molecule has 0 saturated carbocycles. The molecular formula is C16H33NO. The van der Waals surface area contributed by atoms with Crippen LogP contribution in [0.15, 0.2) is 0 Å². The molecule has 0 aromatic rings. The Bertz CT molecular complexity index is 199. The lowest BCUT2D eigenvalue weighted by Gasteiger charge is -2.34. The Morgan fingerprint density at radius 3 is 2.44 bits per heavy atom. The summed E-state index contributed by atoms with van der Waals surface area (Å²) < 4.78 is 5.45. The van der Waals surface area contributed by atoms with Gasteiger partial charge < -0.3 is 10.1 Å². The lowest BCUT2D eigenvalue weighted by Crippen LogP contribution is -2.40. The van der Waals surface area contributed by atoms with Crippen molar-refractivity contribution in [2.24, 2.45) is 5.41 Å². The fourth-order valence-corrected chi connectivity index (χ4v) is 2.62. The van der Waals surface area contributed by atoms with Gasteiger partial charge in [-0.1, -0.05) is 46.0 Å². The van der Waals surface area contributed by atoms with E-state index in [1.54, 1.807) is 0 Å². The summed E-state index contributed by atoms with van der Waals surface area (Å²) in [5.41, 5.74) is 0.467. The zero-order valence-corrected chi connectivity index (χ0v) is 12.8. The maximum Gasteiger partial charge on any atom is 0.0471 e. The predicted molar refractivity (Wildman–Crippen MR) is 79.0 cm³/mol. The van der Waals surface area contributed by atoms with Gasteiger partial charge in [-0.3, -0.25) is 0 Å². The van der Waals surface area contributed by atoms with Crippen LogP contribution in [-0.4, -0.2) is 25.8 Å². The molecule has 1 fully saturated rings. The van der Waals surface area contributed by atoms with Crippen molar-refractivity contribution in [1.29, 1.82) is 0 Å². The van der Waals surface area contributed by atoms with Gasteiger partial charge in [0.1, 0.15) is 0 Å². The summed E-state index contributed by atoms with van der Waals surface area (Å²) in [6.45, 7) is 10.1. The van der Waals surface area contributed by atoms with E-state index in [4.69, 9.17) is 4.74 Å². The number of rotatable bonds is 9. The molecule has 0 radical (unpaired) electrons. The molecule has 0 spiro atoms.